The SMILES string of the molecule is CCCCCCCCn1c2ccccc2c2cc3c(cc21)C(=O)c1cc2c(cc1C3=O)c1ccccc1n2CCCCCCCC. The monoisotopic (exact) mass is 610 g/mol. The molecule has 0 atom stereocenters. The van der Waals surface area contributed by atoms with E-state index in [1.807, 2.05) is 24.3 Å². The number of aromatic nitrogens is 2. The van der Waals surface area contributed by atoms with E-state index in [0.29, 0.717) is 22.3 Å². The highest BCUT2D eigenvalue weighted by Crippen LogP contribution is 2.39. The first kappa shape index (κ1) is 30.5. The smallest absolute Gasteiger partial charge is 0.194 e. The van der Waals surface area contributed by atoms with Gasteiger partial charge < -0.3 is 9.13 Å². The highest BCUT2D eigenvalue weighted by atomic mass is 16.1. The van der Waals surface area contributed by atoms with E-state index in [4.69, 9.17) is 0 Å². The Hall–Kier alpha value is -4.18. The average molecular weight is 611 g/mol. The molecule has 0 amide bonds. The van der Waals surface area contributed by atoms with E-state index in [9.17, 15) is 9.59 Å². The van der Waals surface area contributed by atoms with Crippen LogP contribution in [0.15, 0.2) is 72.8 Å². The summed E-state index contributed by atoms with van der Waals surface area (Å²) < 4.78 is 4.75. The molecule has 46 heavy (non-hydrogen) atoms. The van der Waals surface area contributed by atoms with E-state index >= 15 is 0 Å². The molecule has 0 saturated heterocycles. The molecule has 0 aliphatic heterocycles. The number of aryl methyl sites for hydroxylation is 2. The number of benzene rings is 4. The van der Waals surface area contributed by atoms with Crippen LogP contribution in [0.2, 0.25) is 0 Å². The number of rotatable bonds is 14. The van der Waals surface area contributed by atoms with Gasteiger partial charge in [-0.3, -0.25) is 9.59 Å². The van der Waals surface area contributed by atoms with Gasteiger partial charge in [0.25, 0.3) is 0 Å². The lowest BCUT2D eigenvalue weighted by Gasteiger charge is -2.19. The molecule has 2 heterocycles. The second-order valence-corrected chi connectivity index (χ2v) is 13.4. The third-order valence-electron chi connectivity index (χ3n) is 10.3. The van der Waals surface area contributed by atoms with Crippen LogP contribution in [0.3, 0.4) is 0 Å². The summed E-state index contributed by atoms with van der Waals surface area (Å²) in [4.78, 5) is 28.6. The lowest BCUT2D eigenvalue weighted by molar-refractivity contribution is 0.0979. The Bertz CT molecular complexity index is 1930. The van der Waals surface area contributed by atoms with Gasteiger partial charge in [0, 0.05) is 79.0 Å². The zero-order chi connectivity index (χ0) is 31.6. The molecule has 0 N–H and O–H groups in total. The third kappa shape index (κ3) is 5.36. The molecule has 0 unspecified atom stereocenters. The van der Waals surface area contributed by atoms with Crippen molar-refractivity contribution in [2.24, 2.45) is 0 Å². The van der Waals surface area contributed by atoms with Gasteiger partial charge in [-0.05, 0) is 49.2 Å². The quantitative estimate of drug-likeness (QED) is 0.115. The number of unbranched alkanes of at least 4 members (excludes halogenated alkanes) is 10. The van der Waals surface area contributed by atoms with Gasteiger partial charge in [-0.2, -0.15) is 0 Å². The summed E-state index contributed by atoms with van der Waals surface area (Å²) in [6, 6.07) is 25.0. The fourth-order valence-corrected chi connectivity index (χ4v) is 7.81. The second-order valence-electron chi connectivity index (χ2n) is 13.4. The van der Waals surface area contributed by atoms with E-state index in [1.54, 1.807) is 0 Å². The zero-order valence-corrected chi connectivity index (χ0v) is 27.5. The van der Waals surface area contributed by atoms with E-state index in [1.165, 1.54) is 75.2 Å². The van der Waals surface area contributed by atoms with Crippen molar-refractivity contribution in [2.45, 2.75) is 104 Å². The van der Waals surface area contributed by atoms with Crippen molar-refractivity contribution in [3.05, 3.63) is 95.1 Å². The first-order valence-electron chi connectivity index (χ1n) is 17.8. The highest BCUT2D eigenvalue weighted by Gasteiger charge is 2.32. The maximum atomic E-state index is 14.3. The van der Waals surface area contributed by atoms with Gasteiger partial charge in [-0.15, -0.1) is 0 Å². The maximum absolute atomic E-state index is 14.3. The number of hydrogen-bond donors (Lipinski definition) is 0. The van der Waals surface area contributed by atoms with Gasteiger partial charge in [0.15, 0.2) is 11.6 Å². The summed E-state index contributed by atoms with van der Waals surface area (Å²) in [5.41, 5.74) is 6.58. The topological polar surface area (TPSA) is 44.0 Å². The van der Waals surface area contributed by atoms with Crippen molar-refractivity contribution in [2.75, 3.05) is 0 Å². The summed E-state index contributed by atoms with van der Waals surface area (Å²) in [6.45, 7) is 6.32. The Morgan fingerprint density at radius 2 is 0.783 bits per heavy atom. The summed E-state index contributed by atoms with van der Waals surface area (Å²) in [6.07, 6.45) is 14.8. The van der Waals surface area contributed by atoms with Gasteiger partial charge in [-0.25, -0.2) is 0 Å². The summed E-state index contributed by atoms with van der Waals surface area (Å²) in [7, 11) is 0. The lowest BCUT2D eigenvalue weighted by atomic mass is 9.82. The largest absolute Gasteiger partial charge is 0.340 e. The van der Waals surface area contributed by atoms with Crippen molar-refractivity contribution >= 4 is 55.2 Å². The number of ketones is 2. The molecule has 1 aliphatic carbocycles. The first-order chi connectivity index (χ1) is 22.6. The average Bonchev–Trinajstić information content (AvgIpc) is 3.56. The van der Waals surface area contributed by atoms with Crippen LogP contribution in [-0.2, 0) is 13.1 Å². The zero-order valence-electron chi connectivity index (χ0n) is 27.5. The van der Waals surface area contributed by atoms with Crippen molar-refractivity contribution in [1.82, 2.24) is 9.13 Å². The minimum absolute atomic E-state index is 0.0406. The van der Waals surface area contributed by atoms with Crippen molar-refractivity contribution in [3.63, 3.8) is 0 Å². The van der Waals surface area contributed by atoms with E-state index < -0.39 is 0 Å². The number of fused-ring (bicyclic) bond motifs is 8. The molecule has 6 aromatic rings. The second kappa shape index (κ2) is 13.3. The fraction of sp³-hybridized carbons (Fsp3) is 0.381. The third-order valence-corrected chi connectivity index (χ3v) is 10.3. The summed E-state index contributed by atoms with van der Waals surface area (Å²) in [5.74, 6) is -0.0879. The van der Waals surface area contributed by atoms with E-state index in [0.717, 1.165) is 58.5 Å². The standard InChI is InChI=1S/C42H46N2O2/c1-3-5-7-9-11-17-23-43-37-21-15-13-19-29(37)31-25-33-35(27-39(31)43)42(46)36-28-40-32(26-34(36)41(33)45)30-20-14-16-22-38(30)44(40)24-18-12-10-8-6-4-2/h13-16,19-22,25-28H,3-12,17-18,23-24H2,1-2H3. The molecule has 4 aromatic carbocycles. The van der Waals surface area contributed by atoms with Gasteiger partial charge in [0.2, 0.25) is 0 Å². The Kier molecular flexibility index (Phi) is 8.80. The highest BCUT2D eigenvalue weighted by molar-refractivity contribution is 6.32. The Labute approximate surface area is 272 Å². The molecule has 236 valence electrons. The number of hydrogen-bond acceptors (Lipinski definition) is 2. The van der Waals surface area contributed by atoms with Gasteiger partial charge in [0.05, 0.1) is 0 Å². The van der Waals surface area contributed by atoms with Crippen LogP contribution in [0.1, 0.15) is 123 Å². The van der Waals surface area contributed by atoms with Crippen LogP contribution in [-0.4, -0.2) is 20.7 Å². The predicted molar refractivity (Wildman–Crippen MR) is 193 cm³/mol. The molecule has 0 saturated carbocycles. The minimum atomic E-state index is -0.0473. The normalized spacial score (nSPS) is 13.0. The van der Waals surface area contributed by atoms with Crippen LogP contribution in [0.25, 0.3) is 43.6 Å². The van der Waals surface area contributed by atoms with Crippen LogP contribution < -0.4 is 0 Å². The fourth-order valence-electron chi connectivity index (χ4n) is 7.81. The molecule has 0 radical (unpaired) electrons. The molecule has 4 heteroatoms. The van der Waals surface area contributed by atoms with Crippen molar-refractivity contribution < 1.29 is 9.59 Å². The van der Waals surface area contributed by atoms with Crippen LogP contribution in [0, 0.1) is 0 Å². The van der Waals surface area contributed by atoms with Crippen LogP contribution in [0.5, 0.6) is 0 Å². The molecular weight excluding hydrogens is 564 g/mol. The van der Waals surface area contributed by atoms with Gasteiger partial charge in [0.1, 0.15) is 0 Å². The number of para-hydroxylation sites is 2. The first-order valence-corrected chi connectivity index (χ1v) is 17.8. The summed E-state index contributed by atoms with van der Waals surface area (Å²) in [5, 5.41) is 4.40. The molecule has 0 bridgehead atoms. The molecule has 1 aliphatic rings. The lowest BCUT2D eigenvalue weighted by Crippen LogP contribution is -2.21. The summed E-state index contributed by atoms with van der Waals surface area (Å²) >= 11 is 0. The number of nitrogens with zero attached hydrogens (tertiary/aromatic N) is 2. The maximum Gasteiger partial charge on any atom is 0.194 e. The van der Waals surface area contributed by atoms with Crippen molar-refractivity contribution in [3.8, 4) is 0 Å². The van der Waals surface area contributed by atoms with E-state index in [2.05, 4.69) is 71.5 Å². The molecule has 0 fully saturated rings. The van der Waals surface area contributed by atoms with Crippen molar-refractivity contribution in [1.29, 1.82) is 0 Å². The number of carbonyl (C=O) groups excluding carboxylic acids is 2. The van der Waals surface area contributed by atoms with Crippen LogP contribution in [0.4, 0.5) is 0 Å². The van der Waals surface area contributed by atoms with Gasteiger partial charge >= 0.3 is 0 Å². The Morgan fingerprint density at radius 1 is 0.413 bits per heavy atom. The Balaban J connectivity index is 1.28. The molecule has 4 nitrogen and oxygen atoms in total. The number of carbonyl (C=O) groups is 2. The van der Waals surface area contributed by atoms with Gasteiger partial charge in [-0.1, -0.05) is 114 Å². The predicted octanol–water partition coefficient (Wildman–Crippen LogP) is 11.4. The van der Waals surface area contributed by atoms with E-state index in [-0.39, 0.29) is 11.6 Å². The Morgan fingerprint density at radius 3 is 1.22 bits per heavy atom. The molecule has 0 spiro atoms. The molecule has 7 rings (SSSR count). The molecular formula is C42H46N2O2. The minimum Gasteiger partial charge on any atom is -0.340 e. The van der Waals surface area contributed by atoms with Crippen LogP contribution >= 0.6 is 0 Å². The molecule has 2 aromatic heterocycles.